The molecule has 0 amide bonds. The van der Waals surface area contributed by atoms with Crippen LogP contribution >= 0.6 is 0 Å². The third-order valence-corrected chi connectivity index (χ3v) is 7.92. The number of ether oxygens (including phenoxy) is 2. The molecule has 1 fully saturated rings. The molecular weight excluding hydrogens is 418 g/mol. The zero-order valence-electron chi connectivity index (χ0n) is 19.9. The minimum atomic E-state index is 0.569. The SMILES string of the molecule is Cc1ccc2c(C)c3c(c(C)c2c1)-c1nccc2c1c(cc1cc(C4CCOCC4)ccc12)O3. The Morgan fingerprint density at radius 3 is 2.47 bits per heavy atom. The zero-order valence-corrected chi connectivity index (χ0v) is 19.9. The summed E-state index contributed by atoms with van der Waals surface area (Å²) in [7, 11) is 0. The van der Waals surface area contributed by atoms with E-state index in [4.69, 9.17) is 14.5 Å². The van der Waals surface area contributed by atoms with Gasteiger partial charge in [0.25, 0.3) is 0 Å². The van der Waals surface area contributed by atoms with Crippen LogP contribution in [0.25, 0.3) is 43.6 Å². The van der Waals surface area contributed by atoms with Gasteiger partial charge in [0.05, 0.1) is 11.1 Å². The molecule has 1 saturated heterocycles. The van der Waals surface area contributed by atoms with Crippen LogP contribution in [0, 0.1) is 20.8 Å². The molecule has 0 unspecified atom stereocenters. The van der Waals surface area contributed by atoms with Crippen molar-refractivity contribution in [2.75, 3.05) is 13.2 Å². The van der Waals surface area contributed by atoms with Gasteiger partial charge in [0.1, 0.15) is 11.5 Å². The van der Waals surface area contributed by atoms with E-state index in [9.17, 15) is 0 Å². The van der Waals surface area contributed by atoms with Gasteiger partial charge in [-0.3, -0.25) is 4.98 Å². The van der Waals surface area contributed by atoms with Crippen molar-refractivity contribution in [2.24, 2.45) is 0 Å². The summed E-state index contributed by atoms with van der Waals surface area (Å²) in [5.74, 6) is 2.43. The molecule has 0 N–H and O–H groups in total. The zero-order chi connectivity index (χ0) is 23.0. The van der Waals surface area contributed by atoms with Crippen molar-refractivity contribution in [3.05, 3.63) is 77.0 Å². The molecule has 0 saturated carbocycles. The Labute approximate surface area is 199 Å². The van der Waals surface area contributed by atoms with Crippen LogP contribution in [0.1, 0.15) is 41.0 Å². The van der Waals surface area contributed by atoms with Crippen LogP contribution < -0.4 is 4.74 Å². The summed E-state index contributed by atoms with van der Waals surface area (Å²) in [6, 6.07) is 18.0. The van der Waals surface area contributed by atoms with Crippen LogP contribution in [0.2, 0.25) is 0 Å². The average molecular weight is 446 g/mol. The van der Waals surface area contributed by atoms with Crippen molar-refractivity contribution in [1.29, 1.82) is 0 Å². The molecule has 168 valence electrons. The fourth-order valence-electron chi connectivity index (χ4n) is 6.08. The lowest BCUT2D eigenvalue weighted by molar-refractivity contribution is 0.0853. The summed E-state index contributed by atoms with van der Waals surface area (Å²) in [4.78, 5) is 4.91. The van der Waals surface area contributed by atoms with Gasteiger partial charge in [-0.1, -0.05) is 42.0 Å². The van der Waals surface area contributed by atoms with E-state index < -0.39 is 0 Å². The van der Waals surface area contributed by atoms with Crippen LogP contribution in [0.15, 0.2) is 54.7 Å². The molecule has 0 atom stereocenters. The third kappa shape index (κ3) is 2.77. The first-order valence-electron chi connectivity index (χ1n) is 12.2. The highest BCUT2D eigenvalue weighted by Crippen LogP contribution is 2.52. The maximum Gasteiger partial charge on any atom is 0.140 e. The molecule has 0 spiro atoms. The van der Waals surface area contributed by atoms with Gasteiger partial charge in [-0.05, 0) is 89.7 Å². The van der Waals surface area contributed by atoms with E-state index in [-0.39, 0.29) is 0 Å². The van der Waals surface area contributed by atoms with E-state index in [0.29, 0.717) is 5.92 Å². The fraction of sp³-hybridized carbons (Fsp3) is 0.258. The third-order valence-electron chi connectivity index (χ3n) is 7.92. The number of aryl methyl sites for hydroxylation is 3. The largest absolute Gasteiger partial charge is 0.456 e. The molecule has 2 aliphatic rings. The van der Waals surface area contributed by atoms with Gasteiger partial charge < -0.3 is 9.47 Å². The average Bonchev–Trinajstić information content (AvgIpc) is 2.87. The van der Waals surface area contributed by atoms with Gasteiger partial charge in [-0.2, -0.15) is 0 Å². The number of fused-ring (bicyclic) bond motifs is 5. The van der Waals surface area contributed by atoms with E-state index >= 15 is 0 Å². The normalized spacial score (nSPS) is 15.6. The highest BCUT2D eigenvalue weighted by atomic mass is 16.5. The number of benzene rings is 4. The van der Waals surface area contributed by atoms with Crippen molar-refractivity contribution < 1.29 is 9.47 Å². The highest BCUT2D eigenvalue weighted by Gasteiger charge is 2.28. The van der Waals surface area contributed by atoms with Crippen LogP contribution in [-0.4, -0.2) is 18.2 Å². The summed E-state index contributed by atoms with van der Waals surface area (Å²) in [6.07, 6.45) is 4.14. The van der Waals surface area contributed by atoms with E-state index in [1.807, 2.05) is 6.20 Å². The van der Waals surface area contributed by atoms with Crippen LogP contribution in [0.3, 0.4) is 0 Å². The fourth-order valence-corrected chi connectivity index (χ4v) is 6.08. The predicted octanol–water partition coefficient (Wildman–Crippen LogP) is 8.13. The Morgan fingerprint density at radius 2 is 1.62 bits per heavy atom. The van der Waals surface area contributed by atoms with E-state index in [1.165, 1.54) is 49.2 Å². The molecule has 3 nitrogen and oxygen atoms in total. The molecule has 0 radical (unpaired) electrons. The number of nitrogens with zero attached hydrogens (tertiary/aromatic N) is 1. The highest BCUT2D eigenvalue weighted by molar-refractivity contribution is 6.17. The Kier molecular flexibility index (Phi) is 4.28. The molecule has 4 aromatic carbocycles. The Morgan fingerprint density at radius 1 is 0.794 bits per heavy atom. The summed E-state index contributed by atoms with van der Waals surface area (Å²) < 4.78 is 12.3. The Hall–Kier alpha value is -3.43. The van der Waals surface area contributed by atoms with Crippen LogP contribution in [-0.2, 0) is 4.74 Å². The second kappa shape index (κ2) is 7.28. The van der Waals surface area contributed by atoms with E-state index in [1.54, 1.807) is 0 Å². The summed E-state index contributed by atoms with van der Waals surface area (Å²) in [5, 5.41) is 7.36. The number of hydrogen-bond donors (Lipinski definition) is 0. The van der Waals surface area contributed by atoms with Crippen molar-refractivity contribution in [3.63, 3.8) is 0 Å². The molecule has 0 bridgehead atoms. The number of pyridine rings is 1. The van der Waals surface area contributed by atoms with Crippen molar-refractivity contribution >= 4 is 32.3 Å². The lowest BCUT2D eigenvalue weighted by atomic mass is 9.87. The summed E-state index contributed by atoms with van der Waals surface area (Å²) >= 11 is 0. The molecular formula is C31H27NO2. The van der Waals surface area contributed by atoms with Gasteiger partial charge in [0.2, 0.25) is 0 Å². The van der Waals surface area contributed by atoms with Crippen LogP contribution in [0.5, 0.6) is 11.5 Å². The predicted molar refractivity (Wildman–Crippen MR) is 139 cm³/mol. The van der Waals surface area contributed by atoms with Gasteiger partial charge in [0, 0.05) is 30.5 Å². The molecule has 5 aromatic rings. The van der Waals surface area contributed by atoms with Gasteiger partial charge in [0.15, 0.2) is 0 Å². The maximum atomic E-state index is 6.73. The second-order valence-electron chi connectivity index (χ2n) is 9.93. The molecule has 2 aliphatic heterocycles. The number of rotatable bonds is 1. The minimum Gasteiger partial charge on any atom is -0.456 e. The standard InChI is InChI=1S/C31H27NO2/c1-17-4-6-23-19(3)31-28(18(2)26(23)14-17)30-29-25(8-11-32-30)24-7-5-21(20-9-12-33-13-10-20)15-22(24)16-27(29)34-31/h4-8,11,14-16,20H,9-10,12-13H2,1-3H3. The lowest BCUT2D eigenvalue weighted by Gasteiger charge is -2.26. The molecule has 34 heavy (non-hydrogen) atoms. The number of aromatic nitrogens is 1. The lowest BCUT2D eigenvalue weighted by Crippen LogP contribution is -2.13. The van der Waals surface area contributed by atoms with E-state index in [0.717, 1.165) is 54.2 Å². The van der Waals surface area contributed by atoms with Gasteiger partial charge >= 0.3 is 0 Å². The van der Waals surface area contributed by atoms with Gasteiger partial charge in [-0.15, -0.1) is 0 Å². The van der Waals surface area contributed by atoms with Crippen molar-refractivity contribution in [3.8, 4) is 22.8 Å². The first kappa shape index (κ1) is 20.0. The minimum absolute atomic E-state index is 0.569. The maximum absolute atomic E-state index is 6.73. The first-order chi connectivity index (χ1) is 16.6. The topological polar surface area (TPSA) is 31.4 Å². The van der Waals surface area contributed by atoms with Gasteiger partial charge in [-0.25, -0.2) is 0 Å². The Bertz CT molecular complexity index is 1640. The molecule has 3 heterocycles. The molecule has 7 rings (SSSR count). The summed E-state index contributed by atoms with van der Waals surface area (Å²) in [5.41, 5.74) is 7.25. The summed E-state index contributed by atoms with van der Waals surface area (Å²) in [6.45, 7) is 8.24. The molecule has 1 aromatic heterocycles. The number of hydrogen-bond acceptors (Lipinski definition) is 3. The van der Waals surface area contributed by atoms with Crippen molar-refractivity contribution in [1.82, 2.24) is 4.98 Å². The smallest absolute Gasteiger partial charge is 0.140 e. The molecule has 3 heteroatoms. The Balaban J connectivity index is 1.51. The monoisotopic (exact) mass is 445 g/mol. The quantitative estimate of drug-likeness (QED) is 0.239. The van der Waals surface area contributed by atoms with Crippen LogP contribution in [0.4, 0.5) is 0 Å². The van der Waals surface area contributed by atoms with Crippen molar-refractivity contribution in [2.45, 2.75) is 39.5 Å². The van der Waals surface area contributed by atoms with E-state index in [2.05, 4.69) is 69.3 Å². The second-order valence-corrected chi connectivity index (χ2v) is 9.93. The molecule has 0 aliphatic carbocycles. The first-order valence-corrected chi connectivity index (χ1v) is 12.2.